The summed E-state index contributed by atoms with van der Waals surface area (Å²) in [5, 5.41) is 21.3. The van der Waals surface area contributed by atoms with Crippen LogP contribution < -0.4 is 16.6 Å². The van der Waals surface area contributed by atoms with Gasteiger partial charge in [0.2, 0.25) is 5.88 Å². The van der Waals surface area contributed by atoms with E-state index in [0.29, 0.717) is 25.2 Å². The second-order valence-electron chi connectivity index (χ2n) is 7.41. The van der Waals surface area contributed by atoms with E-state index in [9.17, 15) is 24.3 Å². The molecule has 27 heavy (non-hydrogen) atoms. The zero-order chi connectivity index (χ0) is 19.6. The Morgan fingerprint density at radius 3 is 2.33 bits per heavy atom. The molecule has 9 heteroatoms. The van der Waals surface area contributed by atoms with E-state index in [2.05, 4.69) is 5.32 Å². The van der Waals surface area contributed by atoms with Crippen molar-refractivity contribution in [3.8, 4) is 5.88 Å². The van der Waals surface area contributed by atoms with E-state index in [1.165, 1.54) is 0 Å². The van der Waals surface area contributed by atoms with Crippen LogP contribution in [-0.4, -0.2) is 37.8 Å². The zero-order valence-electron chi connectivity index (χ0n) is 15.1. The number of carboxylic acid groups (broad SMARTS) is 1. The number of carbonyl (C=O) groups is 2. The molecule has 2 aliphatic carbocycles. The van der Waals surface area contributed by atoms with Gasteiger partial charge in [0.25, 0.3) is 11.5 Å². The van der Waals surface area contributed by atoms with Crippen LogP contribution in [0.15, 0.2) is 9.59 Å². The average molecular weight is 379 g/mol. The van der Waals surface area contributed by atoms with Crippen LogP contribution in [0, 0.1) is 5.92 Å². The normalized spacial score (nSPS) is 17.6. The highest BCUT2D eigenvalue weighted by Gasteiger charge is 2.29. The first-order chi connectivity index (χ1) is 12.9. The standard InChI is InChI=1S/C18H25N3O6/c22-13(23)10-19-15(24)14-16(25)20(9-8-11-6-7-11)18(27)21(17(14)26)12-4-2-1-3-5-12/h11-12,25H,1-10H2,(H,19,24)(H,22,23). The molecule has 148 valence electrons. The summed E-state index contributed by atoms with van der Waals surface area (Å²) in [5.41, 5.74) is -2.01. The first-order valence-electron chi connectivity index (χ1n) is 9.48. The lowest BCUT2D eigenvalue weighted by atomic mass is 9.95. The molecule has 0 aliphatic heterocycles. The molecule has 1 aromatic rings. The van der Waals surface area contributed by atoms with E-state index in [4.69, 9.17) is 5.11 Å². The quantitative estimate of drug-likeness (QED) is 0.643. The Bertz CT molecular complexity index is 846. The van der Waals surface area contributed by atoms with Crippen LogP contribution in [0.5, 0.6) is 5.88 Å². The van der Waals surface area contributed by atoms with Gasteiger partial charge in [-0.3, -0.25) is 23.5 Å². The van der Waals surface area contributed by atoms with Crippen LogP contribution in [0.1, 0.15) is 67.8 Å². The molecule has 9 nitrogen and oxygen atoms in total. The van der Waals surface area contributed by atoms with Crippen LogP contribution in [0.3, 0.4) is 0 Å². The second kappa shape index (κ2) is 7.98. The Hall–Kier alpha value is -2.58. The van der Waals surface area contributed by atoms with Crippen molar-refractivity contribution in [2.24, 2.45) is 5.92 Å². The predicted octanol–water partition coefficient (Wildman–Crippen LogP) is 0.835. The number of nitrogens with zero attached hydrogens (tertiary/aromatic N) is 2. The van der Waals surface area contributed by atoms with Crippen molar-refractivity contribution in [1.29, 1.82) is 0 Å². The number of nitrogens with one attached hydrogen (secondary N) is 1. The lowest BCUT2D eigenvalue weighted by molar-refractivity contribution is -0.135. The fourth-order valence-corrected chi connectivity index (χ4v) is 3.68. The third-order valence-electron chi connectivity index (χ3n) is 5.37. The summed E-state index contributed by atoms with van der Waals surface area (Å²) in [5.74, 6) is -2.43. The summed E-state index contributed by atoms with van der Waals surface area (Å²) in [6, 6.07) is -0.308. The van der Waals surface area contributed by atoms with Crippen molar-refractivity contribution in [2.75, 3.05) is 6.54 Å². The van der Waals surface area contributed by atoms with E-state index in [0.717, 1.165) is 41.2 Å². The molecule has 0 radical (unpaired) electrons. The molecule has 0 bridgehead atoms. The molecule has 2 aliphatic rings. The summed E-state index contributed by atoms with van der Waals surface area (Å²) in [7, 11) is 0. The van der Waals surface area contributed by atoms with Gasteiger partial charge in [0, 0.05) is 12.6 Å². The Kier molecular flexibility index (Phi) is 5.67. The third kappa shape index (κ3) is 4.23. The minimum atomic E-state index is -1.27. The summed E-state index contributed by atoms with van der Waals surface area (Å²) >= 11 is 0. The predicted molar refractivity (Wildman–Crippen MR) is 96.1 cm³/mol. The fourth-order valence-electron chi connectivity index (χ4n) is 3.68. The second-order valence-corrected chi connectivity index (χ2v) is 7.41. The van der Waals surface area contributed by atoms with Crippen molar-refractivity contribution >= 4 is 11.9 Å². The number of hydrogen-bond donors (Lipinski definition) is 3. The molecule has 1 heterocycles. The first-order valence-corrected chi connectivity index (χ1v) is 9.48. The number of hydrogen-bond acceptors (Lipinski definition) is 5. The number of carboxylic acids is 1. The highest BCUT2D eigenvalue weighted by Crippen LogP contribution is 2.33. The van der Waals surface area contributed by atoms with Crippen molar-refractivity contribution in [2.45, 2.75) is 64.0 Å². The maximum absolute atomic E-state index is 12.9. The van der Waals surface area contributed by atoms with Gasteiger partial charge in [0.15, 0.2) is 5.56 Å². The molecule has 1 aromatic heterocycles. The van der Waals surface area contributed by atoms with Crippen molar-refractivity contribution < 1.29 is 19.8 Å². The van der Waals surface area contributed by atoms with Gasteiger partial charge >= 0.3 is 11.7 Å². The first kappa shape index (κ1) is 19.2. The van der Waals surface area contributed by atoms with E-state index >= 15 is 0 Å². The van der Waals surface area contributed by atoms with E-state index in [-0.39, 0.29) is 12.6 Å². The summed E-state index contributed by atoms with van der Waals surface area (Å²) in [6.45, 7) is -0.454. The summed E-state index contributed by atoms with van der Waals surface area (Å²) < 4.78 is 2.17. The van der Waals surface area contributed by atoms with E-state index in [1.54, 1.807) is 0 Å². The average Bonchev–Trinajstić information content (AvgIpc) is 3.45. The Labute approximate surface area is 155 Å². The van der Waals surface area contributed by atoms with Crippen molar-refractivity contribution in [1.82, 2.24) is 14.5 Å². The summed E-state index contributed by atoms with van der Waals surface area (Å²) in [4.78, 5) is 48.9. The lowest BCUT2D eigenvalue weighted by Gasteiger charge is -2.25. The number of aromatic nitrogens is 2. The monoisotopic (exact) mass is 379 g/mol. The van der Waals surface area contributed by atoms with Crippen LogP contribution >= 0.6 is 0 Å². The van der Waals surface area contributed by atoms with Gasteiger partial charge in [-0.25, -0.2) is 4.79 Å². The van der Waals surface area contributed by atoms with Crippen LogP contribution in [0.2, 0.25) is 0 Å². The molecule has 2 fully saturated rings. The highest BCUT2D eigenvalue weighted by molar-refractivity contribution is 5.97. The van der Waals surface area contributed by atoms with Gasteiger partial charge in [0.1, 0.15) is 6.54 Å². The van der Waals surface area contributed by atoms with Crippen LogP contribution in [0.4, 0.5) is 0 Å². The third-order valence-corrected chi connectivity index (χ3v) is 5.37. The van der Waals surface area contributed by atoms with E-state index < -0.39 is 41.1 Å². The smallest absolute Gasteiger partial charge is 0.334 e. The lowest BCUT2D eigenvalue weighted by Crippen LogP contribution is -2.47. The zero-order valence-corrected chi connectivity index (χ0v) is 15.1. The Morgan fingerprint density at radius 2 is 1.74 bits per heavy atom. The molecule has 0 saturated heterocycles. The minimum Gasteiger partial charge on any atom is -0.494 e. The molecule has 0 aromatic carbocycles. The SMILES string of the molecule is O=C(O)CNC(=O)c1c(O)n(CCC2CC2)c(=O)n(C2CCCCC2)c1=O. The molecule has 3 rings (SSSR count). The van der Waals surface area contributed by atoms with E-state index in [1.807, 2.05) is 0 Å². The van der Waals surface area contributed by atoms with Gasteiger partial charge in [-0.05, 0) is 25.2 Å². The van der Waals surface area contributed by atoms with Crippen LogP contribution in [0.25, 0.3) is 0 Å². The van der Waals surface area contributed by atoms with Gasteiger partial charge in [0.05, 0.1) is 0 Å². The molecule has 0 spiro atoms. The Balaban J connectivity index is 2.05. The molecule has 0 atom stereocenters. The van der Waals surface area contributed by atoms with Crippen molar-refractivity contribution in [3.05, 3.63) is 26.4 Å². The number of amides is 1. The van der Waals surface area contributed by atoms with Gasteiger partial charge in [-0.15, -0.1) is 0 Å². The largest absolute Gasteiger partial charge is 0.494 e. The topological polar surface area (TPSA) is 131 Å². The number of rotatable bonds is 7. The maximum atomic E-state index is 12.9. The number of carbonyl (C=O) groups excluding carboxylic acids is 1. The van der Waals surface area contributed by atoms with Crippen molar-refractivity contribution in [3.63, 3.8) is 0 Å². The maximum Gasteiger partial charge on any atom is 0.334 e. The highest BCUT2D eigenvalue weighted by atomic mass is 16.4. The van der Waals surface area contributed by atoms with Gasteiger partial charge in [-0.2, -0.15) is 0 Å². The molecule has 0 unspecified atom stereocenters. The molecular weight excluding hydrogens is 354 g/mol. The van der Waals surface area contributed by atoms with Crippen LogP contribution in [-0.2, 0) is 11.3 Å². The Morgan fingerprint density at radius 1 is 1.07 bits per heavy atom. The molecule has 1 amide bonds. The number of aromatic hydroxyl groups is 1. The minimum absolute atomic E-state index is 0.224. The molecule has 2 saturated carbocycles. The summed E-state index contributed by atoms with van der Waals surface area (Å²) in [6.07, 6.45) is 6.97. The molecular formula is C18H25N3O6. The van der Waals surface area contributed by atoms with Gasteiger partial charge < -0.3 is 15.5 Å². The number of aliphatic carboxylic acids is 1. The fraction of sp³-hybridized carbons (Fsp3) is 0.667. The molecule has 3 N–H and O–H groups in total. The van der Waals surface area contributed by atoms with Gasteiger partial charge in [-0.1, -0.05) is 32.1 Å².